The average molecular weight is 333 g/mol. The van der Waals surface area contributed by atoms with Gasteiger partial charge in [-0.05, 0) is 31.2 Å². The summed E-state index contributed by atoms with van der Waals surface area (Å²) in [5.41, 5.74) is -0.339. The van der Waals surface area contributed by atoms with Gasteiger partial charge in [-0.25, -0.2) is 9.79 Å². The third kappa shape index (κ3) is 3.59. The van der Waals surface area contributed by atoms with E-state index in [2.05, 4.69) is 11.6 Å². The summed E-state index contributed by atoms with van der Waals surface area (Å²) in [5, 5.41) is 8.76. The van der Waals surface area contributed by atoms with Gasteiger partial charge in [-0.15, -0.1) is 6.58 Å². The number of aliphatic imine (C=N–C) groups is 1. The smallest absolute Gasteiger partial charge is 0.338 e. The Labute approximate surface area is 141 Å². The molecule has 1 aliphatic rings. The van der Waals surface area contributed by atoms with E-state index in [0.29, 0.717) is 31.1 Å². The van der Waals surface area contributed by atoms with Crippen molar-refractivity contribution in [2.45, 2.75) is 31.4 Å². The Morgan fingerprint density at radius 3 is 2.75 bits per heavy atom. The van der Waals surface area contributed by atoms with Crippen LogP contribution in [-0.4, -0.2) is 48.9 Å². The minimum Gasteiger partial charge on any atom is -0.494 e. The molecule has 1 N–H and O–H groups in total. The molecule has 0 unspecified atom stereocenters. The molecule has 0 saturated carbocycles. The number of esters is 1. The number of rotatable bonds is 8. The highest BCUT2D eigenvalue weighted by molar-refractivity contribution is 5.99. The Morgan fingerprint density at radius 1 is 1.46 bits per heavy atom. The van der Waals surface area contributed by atoms with Gasteiger partial charge in [-0.1, -0.05) is 6.08 Å². The molecule has 2 atom stereocenters. The van der Waals surface area contributed by atoms with E-state index in [4.69, 9.17) is 19.3 Å². The van der Waals surface area contributed by atoms with E-state index in [9.17, 15) is 4.79 Å². The van der Waals surface area contributed by atoms with Crippen molar-refractivity contribution in [3.63, 3.8) is 0 Å². The van der Waals surface area contributed by atoms with Crippen molar-refractivity contribution in [3.05, 3.63) is 42.5 Å². The number of hydrogen-bond acceptors (Lipinski definition) is 6. The second-order valence-corrected chi connectivity index (χ2v) is 5.54. The van der Waals surface area contributed by atoms with Crippen LogP contribution in [0, 0.1) is 0 Å². The van der Waals surface area contributed by atoms with Crippen LogP contribution in [0.3, 0.4) is 0 Å². The summed E-state index contributed by atoms with van der Waals surface area (Å²) in [7, 11) is 1.34. The lowest BCUT2D eigenvalue weighted by Gasteiger charge is -2.24. The van der Waals surface area contributed by atoms with Gasteiger partial charge in [0.15, 0.2) is 0 Å². The third-order valence-corrected chi connectivity index (χ3v) is 3.93. The Kier molecular flexibility index (Phi) is 5.98. The van der Waals surface area contributed by atoms with Gasteiger partial charge in [0.1, 0.15) is 11.9 Å². The molecular weight excluding hydrogens is 310 g/mol. The highest BCUT2D eigenvalue weighted by Crippen LogP contribution is 2.33. The van der Waals surface area contributed by atoms with E-state index in [-0.39, 0.29) is 6.61 Å². The number of carbonyl (C=O) groups excluding carboxylic acids is 1. The maximum atomic E-state index is 12.2. The molecule has 1 aromatic carbocycles. The lowest BCUT2D eigenvalue weighted by molar-refractivity contribution is -0.149. The van der Waals surface area contributed by atoms with Crippen LogP contribution in [0.1, 0.15) is 25.3 Å². The van der Waals surface area contributed by atoms with Crippen molar-refractivity contribution >= 4 is 11.9 Å². The first-order valence-electron chi connectivity index (χ1n) is 7.87. The van der Waals surface area contributed by atoms with Crippen molar-refractivity contribution in [1.82, 2.24) is 0 Å². The normalized spacial score (nSPS) is 22.5. The summed E-state index contributed by atoms with van der Waals surface area (Å²) in [5.74, 6) is 0.662. The molecule has 0 bridgehead atoms. The molecule has 0 radical (unpaired) electrons. The molecular formula is C18H23NO5. The molecule has 1 aromatic rings. The van der Waals surface area contributed by atoms with E-state index in [0.717, 1.165) is 5.56 Å². The highest BCUT2D eigenvalue weighted by atomic mass is 16.5. The highest BCUT2D eigenvalue weighted by Gasteiger charge is 2.50. The van der Waals surface area contributed by atoms with Crippen molar-refractivity contribution in [1.29, 1.82) is 0 Å². The van der Waals surface area contributed by atoms with Crippen LogP contribution in [0.4, 0.5) is 0 Å². The molecule has 6 nitrogen and oxygen atoms in total. The van der Waals surface area contributed by atoms with Gasteiger partial charge in [0.25, 0.3) is 0 Å². The van der Waals surface area contributed by atoms with Crippen molar-refractivity contribution in [2.24, 2.45) is 4.99 Å². The number of ether oxygens (including phenoxy) is 3. The number of methoxy groups -OCH3 is 1. The Morgan fingerprint density at radius 2 is 2.17 bits per heavy atom. The van der Waals surface area contributed by atoms with Crippen LogP contribution in [0.15, 0.2) is 41.9 Å². The number of aliphatic hydroxyl groups excluding tert-OH is 1. The first kappa shape index (κ1) is 18.0. The van der Waals surface area contributed by atoms with E-state index in [1.807, 2.05) is 12.1 Å². The van der Waals surface area contributed by atoms with Gasteiger partial charge >= 0.3 is 5.97 Å². The van der Waals surface area contributed by atoms with E-state index >= 15 is 0 Å². The quantitative estimate of drug-likeness (QED) is 0.448. The molecule has 1 heterocycles. The first-order chi connectivity index (χ1) is 11.6. The fourth-order valence-electron chi connectivity index (χ4n) is 2.55. The second kappa shape index (κ2) is 7.97. The molecule has 2 rings (SSSR count). The van der Waals surface area contributed by atoms with Gasteiger partial charge in [0.05, 0.1) is 13.7 Å². The summed E-state index contributed by atoms with van der Waals surface area (Å²) in [6.07, 6.45) is 2.12. The topological polar surface area (TPSA) is 77.4 Å². The Bertz CT molecular complexity index is 610. The zero-order chi connectivity index (χ0) is 17.6. The zero-order valence-electron chi connectivity index (χ0n) is 14.0. The number of hydrogen-bond donors (Lipinski definition) is 1. The van der Waals surface area contributed by atoms with Crippen LogP contribution in [0.25, 0.3) is 0 Å². The minimum absolute atomic E-state index is 0.0968. The maximum absolute atomic E-state index is 12.2. The van der Waals surface area contributed by atoms with Gasteiger partial charge in [0, 0.05) is 25.0 Å². The monoisotopic (exact) mass is 333 g/mol. The number of carbonyl (C=O) groups is 1. The SMILES string of the molecule is C=CC[C@@]1(C(=O)OC)N=C(c2ccc(OCCCO)cc2)O[C@@H]1C. The Balaban J connectivity index is 2.20. The van der Waals surface area contributed by atoms with Crippen LogP contribution >= 0.6 is 0 Å². The van der Waals surface area contributed by atoms with Crippen LogP contribution in [0.2, 0.25) is 0 Å². The van der Waals surface area contributed by atoms with Gasteiger partial charge in [0.2, 0.25) is 11.4 Å². The van der Waals surface area contributed by atoms with Crippen LogP contribution < -0.4 is 4.74 Å². The maximum Gasteiger partial charge on any atom is 0.338 e. The predicted molar refractivity (Wildman–Crippen MR) is 90.3 cm³/mol. The summed E-state index contributed by atoms with van der Waals surface area (Å²) in [6, 6.07) is 7.24. The summed E-state index contributed by atoms with van der Waals surface area (Å²) in [6.45, 7) is 6.04. The predicted octanol–water partition coefficient (Wildman–Crippen LogP) is 2.10. The molecule has 1 aliphatic heterocycles. The van der Waals surface area contributed by atoms with Crippen molar-refractivity contribution in [2.75, 3.05) is 20.3 Å². The first-order valence-corrected chi connectivity index (χ1v) is 7.87. The van der Waals surface area contributed by atoms with Gasteiger partial charge in [-0.3, -0.25) is 0 Å². The van der Waals surface area contributed by atoms with Crippen molar-refractivity contribution < 1.29 is 24.1 Å². The molecule has 130 valence electrons. The number of aliphatic hydroxyl groups is 1. The summed E-state index contributed by atoms with van der Waals surface area (Å²) < 4.78 is 16.2. The molecule has 24 heavy (non-hydrogen) atoms. The largest absolute Gasteiger partial charge is 0.494 e. The minimum atomic E-state index is -1.10. The molecule has 0 saturated heterocycles. The molecule has 0 aliphatic carbocycles. The summed E-state index contributed by atoms with van der Waals surface area (Å²) in [4.78, 5) is 16.7. The van der Waals surface area contributed by atoms with E-state index < -0.39 is 17.6 Å². The van der Waals surface area contributed by atoms with Crippen molar-refractivity contribution in [3.8, 4) is 5.75 Å². The molecule has 0 fully saturated rings. The van der Waals surface area contributed by atoms with E-state index in [1.165, 1.54) is 7.11 Å². The Hall–Kier alpha value is -2.34. The van der Waals surface area contributed by atoms with Gasteiger partial charge < -0.3 is 19.3 Å². The average Bonchev–Trinajstić information content (AvgIpc) is 2.93. The molecule has 0 amide bonds. The molecule has 0 aromatic heterocycles. The second-order valence-electron chi connectivity index (χ2n) is 5.54. The fraction of sp³-hybridized carbons (Fsp3) is 0.444. The third-order valence-electron chi connectivity index (χ3n) is 3.93. The van der Waals surface area contributed by atoms with E-state index in [1.54, 1.807) is 25.1 Å². The zero-order valence-corrected chi connectivity index (χ0v) is 14.0. The molecule has 6 heteroatoms. The molecule has 0 spiro atoms. The summed E-state index contributed by atoms with van der Waals surface area (Å²) >= 11 is 0. The number of benzene rings is 1. The fourth-order valence-corrected chi connectivity index (χ4v) is 2.55. The van der Waals surface area contributed by atoms with Crippen LogP contribution in [-0.2, 0) is 14.3 Å². The van der Waals surface area contributed by atoms with Crippen LogP contribution in [0.5, 0.6) is 5.75 Å². The lowest BCUT2D eigenvalue weighted by Crippen LogP contribution is -2.44. The standard InChI is InChI=1S/C18H23NO5/c1-4-10-18(17(21)22-3)13(2)24-16(19-18)14-6-8-15(9-7-14)23-12-5-11-20/h4,6-9,13,20H,1,5,10-12H2,2-3H3/t13-,18-/m1/s1. The number of nitrogens with zero attached hydrogens (tertiary/aromatic N) is 1. The van der Waals surface area contributed by atoms with Gasteiger partial charge in [-0.2, -0.15) is 0 Å². The lowest BCUT2D eigenvalue weighted by atomic mass is 9.91.